The molecule has 2 N–H and O–H groups in total. The molecule has 2 fully saturated rings. The first kappa shape index (κ1) is 21.2. The first-order valence-electron chi connectivity index (χ1n) is 11.4. The van der Waals surface area contributed by atoms with Crippen LogP contribution in [0, 0.1) is 5.41 Å². The van der Waals surface area contributed by atoms with Gasteiger partial charge in [0.05, 0.1) is 13.2 Å². The Balaban J connectivity index is 1.59. The fourth-order valence-electron chi connectivity index (χ4n) is 5.22. The van der Waals surface area contributed by atoms with E-state index in [4.69, 9.17) is 15.2 Å². The molecule has 0 bridgehead atoms. The van der Waals surface area contributed by atoms with Crippen LogP contribution >= 0.6 is 0 Å². The molecule has 0 aromatic heterocycles. The molecule has 162 valence electrons. The third-order valence-corrected chi connectivity index (χ3v) is 7.28. The van der Waals surface area contributed by atoms with E-state index in [0.29, 0.717) is 12.0 Å². The lowest BCUT2D eigenvalue weighted by Gasteiger charge is -2.35. The number of rotatable bonds is 7. The molecule has 30 heavy (non-hydrogen) atoms. The van der Waals surface area contributed by atoms with Gasteiger partial charge in [-0.1, -0.05) is 43.3 Å². The summed E-state index contributed by atoms with van der Waals surface area (Å²) in [5.74, 6) is 2.07. The molecular formula is C26H36N2O2. The van der Waals surface area contributed by atoms with Crippen LogP contribution in [0.1, 0.15) is 56.6 Å². The van der Waals surface area contributed by atoms with Crippen LogP contribution in [0.4, 0.5) is 0 Å². The van der Waals surface area contributed by atoms with E-state index < -0.39 is 0 Å². The van der Waals surface area contributed by atoms with Crippen molar-refractivity contribution in [1.82, 2.24) is 4.90 Å². The fraction of sp³-hybridized carbons (Fsp3) is 0.538. The van der Waals surface area contributed by atoms with Gasteiger partial charge in [-0.05, 0) is 55.9 Å². The van der Waals surface area contributed by atoms with Gasteiger partial charge in [-0.2, -0.15) is 0 Å². The Morgan fingerprint density at radius 1 is 1.10 bits per heavy atom. The van der Waals surface area contributed by atoms with Crippen LogP contribution in [0.2, 0.25) is 0 Å². The number of benzene rings is 2. The summed E-state index contributed by atoms with van der Waals surface area (Å²) < 4.78 is 12.0. The lowest BCUT2D eigenvalue weighted by atomic mass is 9.71. The van der Waals surface area contributed by atoms with Crippen molar-refractivity contribution in [2.24, 2.45) is 11.1 Å². The van der Waals surface area contributed by atoms with Gasteiger partial charge in [-0.3, -0.25) is 4.90 Å². The van der Waals surface area contributed by atoms with Crippen molar-refractivity contribution in [3.05, 3.63) is 59.7 Å². The Labute approximate surface area is 181 Å². The average molecular weight is 409 g/mol. The maximum Gasteiger partial charge on any atom is 0.161 e. The minimum atomic E-state index is 0.00793. The van der Waals surface area contributed by atoms with E-state index in [1.807, 2.05) is 0 Å². The number of ether oxygens (including phenoxy) is 2. The molecule has 2 aromatic rings. The zero-order chi connectivity index (χ0) is 21.1. The summed E-state index contributed by atoms with van der Waals surface area (Å²) >= 11 is 0. The molecule has 3 atom stereocenters. The van der Waals surface area contributed by atoms with Gasteiger partial charge in [0.1, 0.15) is 0 Å². The fourth-order valence-corrected chi connectivity index (χ4v) is 5.22. The molecule has 2 aliphatic rings. The highest BCUT2D eigenvalue weighted by atomic mass is 16.5. The highest BCUT2D eigenvalue weighted by Gasteiger charge is 2.46. The maximum absolute atomic E-state index is 6.56. The molecule has 1 aliphatic carbocycles. The quantitative estimate of drug-likeness (QED) is 0.703. The second-order valence-electron chi connectivity index (χ2n) is 9.44. The maximum atomic E-state index is 6.56. The van der Waals surface area contributed by atoms with Crippen LogP contribution in [0.25, 0.3) is 0 Å². The lowest BCUT2D eigenvalue weighted by molar-refractivity contribution is 0.199. The summed E-state index contributed by atoms with van der Waals surface area (Å²) in [6.45, 7) is 7.45. The van der Waals surface area contributed by atoms with Crippen molar-refractivity contribution in [2.45, 2.75) is 64.1 Å². The van der Waals surface area contributed by atoms with E-state index >= 15 is 0 Å². The Bertz CT molecular complexity index is 832. The first-order valence-corrected chi connectivity index (χ1v) is 11.4. The minimum Gasteiger partial charge on any atom is -0.493 e. The van der Waals surface area contributed by atoms with Crippen LogP contribution in [0.3, 0.4) is 0 Å². The molecule has 0 radical (unpaired) electrons. The van der Waals surface area contributed by atoms with Crippen LogP contribution in [-0.2, 0) is 6.54 Å². The zero-order valence-electron chi connectivity index (χ0n) is 18.6. The van der Waals surface area contributed by atoms with E-state index in [2.05, 4.69) is 67.3 Å². The molecule has 2 aromatic carbocycles. The smallest absolute Gasteiger partial charge is 0.161 e. The molecule has 1 heterocycles. The number of nitrogens with two attached hydrogens (primary N) is 1. The van der Waals surface area contributed by atoms with Crippen molar-refractivity contribution in [3.63, 3.8) is 0 Å². The van der Waals surface area contributed by atoms with Gasteiger partial charge in [0.15, 0.2) is 11.5 Å². The molecule has 0 spiro atoms. The lowest BCUT2D eigenvalue weighted by Crippen LogP contribution is -2.42. The monoisotopic (exact) mass is 408 g/mol. The van der Waals surface area contributed by atoms with Crippen LogP contribution in [-0.4, -0.2) is 37.2 Å². The molecule has 2 unspecified atom stereocenters. The van der Waals surface area contributed by atoms with Crippen molar-refractivity contribution >= 4 is 0 Å². The number of hydrogen-bond donors (Lipinski definition) is 1. The van der Waals surface area contributed by atoms with Gasteiger partial charge in [-0.15, -0.1) is 0 Å². The summed E-state index contributed by atoms with van der Waals surface area (Å²) in [5.41, 5.74) is 9.22. The predicted octanol–water partition coefficient (Wildman–Crippen LogP) is 4.97. The van der Waals surface area contributed by atoms with Crippen molar-refractivity contribution in [1.29, 1.82) is 0 Å². The van der Waals surface area contributed by atoms with Gasteiger partial charge in [0, 0.05) is 37.0 Å². The summed E-state index contributed by atoms with van der Waals surface area (Å²) in [6, 6.07) is 17.3. The Hall–Kier alpha value is -2.04. The minimum absolute atomic E-state index is 0.00793. The van der Waals surface area contributed by atoms with E-state index in [1.165, 1.54) is 24.0 Å². The van der Waals surface area contributed by atoms with Crippen LogP contribution in [0.15, 0.2) is 48.5 Å². The van der Waals surface area contributed by atoms with Gasteiger partial charge < -0.3 is 15.2 Å². The molecular weight excluding hydrogens is 372 g/mol. The number of methoxy groups -OCH3 is 1. The van der Waals surface area contributed by atoms with Gasteiger partial charge in [0.25, 0.3) is 0 Å². The van der Waals surface area contributed by atoms with Crippen molar-refractivity contribution < 1.29 is 9.47 Å². The Morgan fingerprint density at radius 2 is 1.83 bits per heavy atom. The number of hydrogen-bond acceptors (Lipinski definition) is 4. The summed E-state index contributed by atoms with van der Waals surface area (Å²) in [7, 11) is 1.72. The molecule has 4 heteroatoms. The van der Waals surface area contributed by atoms with Crippen LogP contribution in [0.5, 0.6) is 11.5 Å². The highest BCUT2D eigenvalue weighted by Crippen LogP contribution is 2.47. The zero-order valence-corrected chi connectivity index (χ0v) is 18.6. The molecule has 1 saturated heterocycles. The second kappa shape index (κ2) is 8.99. The standard InChI is InChI=1S/C26H36N2O2/c1-19(27)26(2)18-28(16-20-9-5-4-6-10-20)17-23(26)21-13-14-24(29-3)25(15-21)30-22-11-7-8-12-22/h4-6,9-10,13-15,19,22-23H,7-8,11-12,16-18,27H2,1-3H3/t19?,23?,26-/m0/s1. The second-order valence-corrected chi connectivity index (χ2v) is 9.44. The van der Waals surface area contributed by atoms with E-state index in [1.54, 1.807) is 7.11 Å². The van der Waals surface area contributed by atoms with E-state index in [-0.39, 0.29) is 11.5 Å². The van der Waals surface area contributed by atoms with Gasteiger partial charge in [-0.25, -0.2) is 0 Å². The van der Waals surface area contributed by atoms with Crippen LogP contribution < -0.4 is 15.2 Å². The van der Waals surface area contributed by atoms with E-state index in [0.717, 1.165) is 44.0 Å². The number of nitrogens with zero attached hydrogens (tertiary/aromatic N) is 1. The van der Waals surface area contributed by atoms with Crippen molar-refractivity contribution in [2.75, 3.05) is 20.2 Å². The average Bonchev–Trinajstić information content (AvgIpc) is 3.37. The van der Waals surface area contributed by atoms with Gasteiger partial charge in [0.2, 0.25) is 0 Å². The topological polar surface area (TPSA) is 47.7 Å². The molecule has 4 nitrogen and oxygen atoms in total. The summed E-state index contributed by atoms with van der Waals surface area (Å²) in [5, 5.41) is 0. The Morgan fingerprint density at radius 3 is 2.50 bits per heavy atom. The Kier molecular flexibility index (Phi) is 6.35. The normalized spacial score (nSPS) is 26.1. The molecule has 1 saturated carbocycles. The van der Waals surface area contributed by atoms with Crippen molar-refractivity contribution in [3.8, 4) is 11.5 Å². The largest absolute Gasteiger partial charge is 0.493 e. The van der Waals surface area contributed by atoms with E-state index in [9.17, 15) is 0 Å². The summed E-state index contributed by atoms with van der Waals surface area (Å²) in [4.78, 5) is 2.55. The summed E-state index contributed by atoms with van der Waals surface area (Å²) in [6.07, 6.45) is 5.10. The van der Waals surface area contributed by atoms with Gasteiger partial charge >= 0.3 is 0 Å². The third kappa shape index (κ3) is 4.35. The molecule has 1 aliphatic heterocycles. The third-order valence-electron chi connectivity index (χ3n) is 7.28. The number of likely N-dealkylation sites (tertiary alicyclic amines) is 1. The molecule has 0 amide bonds. The predicted molar refractivity (Wildman–Crippen MR) is 122 cm³/mol. The molecule has 4 rings (SSSR count). The first-order chi connectivity index (χ1) is 14.5. The SMILES string of the molecule is COc1ccc(C2CN(Cc3ccccc3)C[C@@]2(C)C(C)N)cc1OC1CCCC1. The highest BCUT2D eigenvalue weighted by molar-refractivity contribution is 5.45.